The van der Waals surface area contributed by atoms with Gasteiger partial charge in [0.1, 0.15) is 0 Å². The molecule has 1 aromatic carbocycles. The van der Waals surface area contributed by atoms with Crippen LogP contribution in [0.2, 0.25) is 0 Å². The molecule has 0 saturated heterocycles. The fourth-order valence-electron chi connectivity index (χ4n) is 3.51. The van der Waals surface area contributed by atoms with Crippen LogP contribution in [0.25, 0.3) is 0 Å². The summed E-state index contributed by atoms with van der Waals surface area (Å²) in [4.78, 5) is 13.8. The second-order valence-electron chi connectivity index (χ2n) is 7.00. The fourth-order valence-corrected chi connectivity index (χ4v) is 4.68. The van der Waals surface area contributed by atoms with Gasteiger partial charge in [-0.1, -0.05) is 33.1 Å². The Morgan fingerprint density at radius 2 is 2.08 bits per heavy atom. The van der Waals surface area contributed by atoms with Crippen LogP contribution >= 0.6 is 0 Å². The Bertz CT molecular complexity index is 715. The highest BCUT2D eigenvalue weighted by atomic mass is 32.2. The van der Waals surface area contributed by atoms with Gasteiger partial charge >= 0.3 is 0 Å². The van der Waals surface area contributed by atoms with Gasteiger partial charge < -0.3 is 4.90 Å². The zero-order valence-corrected chi connectivity index (χ0v) is 16.5. The molecule has 1 aliphatic rings. The van der Waals surface area contributed by atoms with Crippen LogP contribution in [0.4, 0.5) is 5.69 Å². The number of hydrogen-bond donors (Lipinski definition) is 1. The molecule has 0 saturated carbocycles. The van der Waals surface area contributed by atoms with Crippen molar-refractivity contribution in [2.75, 3.05) is 11.4 Å². The number of carbonyl (C=O) groups is 1. The third-order valence-electron chi connectivity index (χ3n) is 5.02. The minimum Gasteiger partial charge on any atom is -0.309 e. The molecule has 0 spiro atoms. The van der Waals surface area contributed by atoms with Crippen LogP contribution in [0.5, 0.6) is 0 Å². The predicted molar refractivity (Wildman–Crippen MR) is 101 cm³/mol. The van der Waals surface area contributed by atoms with E-state index in [0.29, 0.717) is 18.9 Å². The number of hydrogen-bond acceptors (Lipinski definition) is 3. The number of anilines is 1. The number of fused-ring (bicyclic) bond motifs is 1. The molecule has 1 aliphatic heterocycles. The molecule has 25 heavy (non-hydrogen) atoms. The summed E-state index contributed by atoms with van der Waals surface area (Å²) in [6.07, 6.45) is 4.95. The maximum absolute atomic E-state index is 12.6. The van der Waals surface area contributed by atoms with Gasteiger partial charge in [0.15, 0.2) is 0 Å². The van der Waals surface area contributed by atoms with E-state index in [1.165, 1.54) is 0 Å². The molecule has 1 amide bonds. The molecule has 1 heterocycles. The average Bonchev–Trinajstić information content (AvgIpc) is 2.90. The van der Waals surface area contributed by atoms with E-state index >= 15 is 0 Å². The normalized spacial score (nSPS) is 18.2. The van der Waals surface area contributed by atoms with Gasteiger partial charge in [0, 0.05) is 25.2 Å². The Labute approximate surface area is 151 Å². The summed E-state index contributed by atoms with van der Waals surface area (Å²) in [5.41, 5.74) is 1.75. The van der Waals surface area contributed by atoms with E-state index in [9.17, 15) is 13.2 Å². The summed E-state index contributed by atoms with van der Waals surface area (Å²) in [6, 6.07) is 5.13. The van der Waals surface area contributed by atoms with Crippen molar-refractivity contribution >= 4 is 21.6 Å². The molecular formula is C19H30N2O3S. The van der Waals surface area contributed by atoms with Gasteiger partial charge in [-0.3, -0.25) is 4.79 Å². The molecule has 1 N–H and O–H groups in total. The van der Waals surface area contributed by atoms with E-state index in [1.807, 2.05) is 6.92 Å². The minimum absolute atomic E-state index is 0.0123. The van der Waals surface area contributed by atoms with Crippen molar-refractivity contribution in [1.29, 1.82) is 0 Å². The summed E-state index contributed by atoms with van der Waals surface area (Å²) < 4.78 is 28.0. The van der Waals surface area contributed by atoms with E-state index < -0.39 is 10.0 Å². The molecule has 1 aromatic rings. The molecule has 0 radical (unpaired) electrons. The number of nitrogens with zero attached hydrogens (tertiary/aromatic N) is 1. The maximum Gasteiger partial charge on any atom is 0.240 e. The van der Waals surface area contributed by atoms with E-state index in [-0.39, 0.29) is 16.8 Å². The number of amides is 1. The molecule has 0 bridgehead atoms. The first kappa shape index (κ1) is 19.9. The SMILES string of the molecule is CCCCC(CC)CNS(=O)(=O)c1ccc2c(c1)CC(C)N2C(C)=O. The lowest BCUT2D eigenvalue weighted by atomic mass is 10.00. The van der Waals surface area contributed by atoms with Gasteiger partial charge in [0.05, 0.1) is 4.90 Å². The van der Waals surface area contributed by atoms with Gasteiger partial charge in [-0.25, -0.2) is 13.1 Å². The van der Waals surface area contributed by atoms with Crippen LogP contribution in [0.3, 0.4) is 0 Å². The van der Waals surface area contributed by atoms with Crippen molar-refractivity contribution in [3.05, 3.63) is 23.8 Å². The molecule has 0 aromatic heterocycles. The quantitative estimate of drug-likeness (QED) is 0.766. The van der Waals surface area contributed by atoms with Gasteiger partial charge in [-0.05, 0) is 49.4 Å². The molecule has 140 valence electrons. The number of benzene rings is 1. The minimum atomic E-state index is -3.52. The maximum atomic E-state index is 12.6. The highest BCUT2D eigenvalue weighted by molar-refractivity contribution is 7.89. The number of carbonyl (C=O) groups excluding carboxylic acids is 1. The van der Waals surface area contributed by atoms with Gasteiger partial charge in [-0.2, -0.15) is 0 Å². The topological polar surface area (TPSA) is 66.5 Å². The largest absolute Gasteiger partial charge is 0.309 e. The first-order chi connectivity index (χ1) is 11.8. The lowest BCUT2D eigenvalue weighted by Crippen LogP contribution is -2.33. The van der Waals surface area contributed by atoms with Crippen LogP contribution in [0.15, 0.2) is 23.1 Å². The Morgan fingerprint density at radius 3 is 2.68 bits per heavy atom. The molecule has 6 heteroatoms. The average molecular weight is 367 g/mol. The second-order valence-corrected chi connectivity index (χ2v) is 8.77. The van der Waals surface area contributed by atoms with Crippen molar-refractivity contribution < 1.29 is 13.2 Å². The van der Waals surface area contributed by atoms with Crippen molar-refractivity contribution in [3.63, 3.8) is 0 Å². The van der Waals surface area contributed by atoms with Crippen molar-refractivity contribution in [3.8, 4) is 0 Å². The van der Waals surface area contributed by atoms with Crippen molar-refractivity contribution in [2.24, 2.45) is 5.92 Å². The first-order valence-corrected chi connectivity index (χ1v) is 10.7. The standard InChI is InChI=1S/C19H30N2O3S/c1-5-7-8-16(6-2)13-20-25(23,24)18-9-10-19-17(12-18)11-14(3)21(19)15(4)22/h9-10,12,14,16,20H,5-8,11,13H2,1-4H3. The first-order valence-electron chi connectivity index (χ1n) is 9.22. The summed E-state index contributed by atoms with van der Waals surface area (Å²) in [7, 11) is -3.52. The highest BCUT2D eigenvalue weighted by Gasteiger charge is 2.30. The van der Waals surface area contributed by atoms with Crippen molar-refractivity contribution in [2.45, 2.75) is 70.7 Å². The smallest absolute Gasteiger partial charge is 0.240 e. The molecule has 2 atom stereocenters. The zero-order chi connectivity index (χ0) is 18.6. The van der Waals surface area contributed by atoms with E-state index in [1.54, 1.807) is 30.0 Å². The van der Waals surface area contributed by atoms with Crippen LogP contribution in [0, 0.1) is 5.92 Å². The molecule has 2 rings (SSSR count). The van der Waals surface area contributed by atoms with Crippen LogP contribution in [-0.4, -0.2) is 26.9 Å². The van der Waals surface area contributed by atoms with Gasteiger partial charge in [-0.15, -0.1) is 0 Å². The van der Waals surface area contributed by atoms with Gasteiger partial charge in [0.25, 0.3) is 0 Å². The Kier molecular flexibility index (Phi) is 6.63. The molecule has 0 aliphatic carbocycles. The molecule has 2 unspecified atom stereocenters. The number of rotatable bonds is 8. The highest BCUT2D eigenvalue weighted by Crippen LogP contribution is 2.33. The number of nitrogens with one attached hydrogen (secondary N) is 1. The van der Waals surface area contributed by atoms with Gasteiger partial charge in [0.2, 0.25) is 15.9 Å². The predicted octanol–water partition coefficient (Wildman–Crippen LogP) is 3.48. The van der Waals surface area contributed by atoms with Crippen LogP contribution < -0.4 is 9.62 Å². The second kappa shape index (κ2) is 8.32. The van der Waals surface area contributed by atoms with E-state index in [2.05, 4.69) is 18.6 Å². The summed E-state index contributed by atoms with van der Waals surface area (Å²) in [5, 5.41) is 0. The lowest BCUT2D eigenvalue weighted by molar-refractivity contribution is -0.116. The number of sulfonamides is 1. The summed E-state index contributed by atoms with van der Waals surface area (Å²) in [5.74, 6) is 0.360. The molecule has 0 fully saturated rings. The Hall–Kier alpha value is -1.40. The Balaban J connectivity index is 2.13. The van der Waals surface area contributed by atoms with Crippen molar-refractivity contribution in [1.82, 2.24) is 4.72 Å². The summed E-state index contributed by atoms with van der Waals surface area (Å²) >= 11 is 0. The fraction of sp³-hybridized carbons (Fsp3) is 0.632. The molecular weight excluding hydrogens is 336 g/mol. The van der Waals surface area contributed by atoms with E-state index in [4.69, 9.17) is 0 Å². The Morgan fingerprint density at radius 1 is 1.36 bits per heavy atom. The lowest BCUT2D eigenvalue weighted by Gasteiger charge is -2.20. The van der Waals surface area contributed by atoms with E-state index in [0.717, 1.165) is 36.9 Å². The third kappa shape index (κ3) is 4.61. The van der Waals surface area contributed by atoms with Crippen LogP contribution in [0.1, 0.15) is 58.9 Å². The van der Waals surface area contributed by atoms with Crippen LogP contribution in [-0.2, 0) is 21.2 Å². The molecule has 5 nitrogen and oxygen atoms in total. The third-order valence-corrected chi connectivity index (χ3v) is 6.44. The number of unbranched alkanes of at least 4 members (excludes halogenated alkanes) is 1. The monoisotopic (exact) mass is 366 g/mol. The summed E-state index contributed by atoms with van der Waals surface area (Å²) in [6.45, 7) is 8.24. The zero-order valence-electron chi connectivity index (χ0n) is 15.7.